The van der Waals surface area contributed by atoms with Crippen molar-refractivity contribution >= 4 is 22.5 Å². The van der Waals surface area contributed by atoms with Gasteiger partial charge in [-0.15, -0.1) is 0 Å². The minimum atomic E-state index is -0.469. The van der Waals surface area contributed by atoms with Gasteiger partial charge in [-0.2, -0.15) is 4.98 Å². The predicted octanol–water partition coefficient (Wildman–Crippen LogP) is 3.71. The number of carbonyl (C=O) groups is 1. The lowest BCUT2D eigenvalue weighted by Gasteiger charge is -2.13. The third-order valence-corrected chi connectivity index (χ3v) is 4.59. The summed E-state index contributed by atoms with van der Waals surface area (Å²) in [7, 11) is 1.56. The Kier molecular flexibility index (Phi) is 5.07. The third-order valence-electron chi connectivity index (χ3n) is 4.59. The number of fused-ring (bicyclic) bond motifs is 1. The molecule has 0 spiro atoms. The van der Waals surface area contributed by atoms with Gasteiger partial charge < -0.3 is 10.1 Å². The lowest BCUT2D eigenvalue weighted by molar-refractivity contribution is -0.116. The first-order valence-corrected chi connectivity index (χ1v) is 9.14. The number of ether oxygens (including phenoxy) is 1. The summed E-state index contributed by atoms with van der Waals surface area (Å²) < 4.78 is 6.56. The summed E-state index contributed by atoms with van der Waals surface area (Å²) in [6.07, 6.45) is 0. The van der Waals surface area contributed by atoms with E-state index >= 15 is 0 Å². The summed E-state index contributed by atoms with van der Waals surface area (Å²) in [6, 6.07) is 24.0. The fourth-order valence-corrected chi connectivity index (χ4v) is 3.24. The van der Waals surface area contributed by atoms with Crippen LogP contribution in [0.2, 0.25) is 0 Å². The maximum absolute atomic E-state index is 12.8. The molecule has 1 heterocycles. The minimum absolute atomic E-state index is 0.140. The number of methoxy groups -OCH3 is 1. The Morgan fingerprint density at radius 1 is 1.00 bits per heavy atom. The van der Waals surface area contributed by atoms with E-state index in [1.807, 2.05) is 54.6 Å². The fraction of sp³-hybridized carbons (Fsp3) is 0.0870. The van der Waals surface area contributed by atoms with Crippen LogP contribution >= 0.6 is 0 Å². The lowest BCUT2D eigenvalue weighted by Crippen LogP contribution is -2.30. The molecule has 0 aliphatic rings. The lowest BCUT2D eigenvalue weighted by atomic mass is 10.1. The van der Waals surface area contributed by atoms with Crippen molar-refractivity contribution in [2.45, 2.75) is 6.54 Å². The highest BCUT2D eigenvalue weighted by Crippen LogP contribution is 2.25. The number of para-hydroxylation sites is 1. The summed E-state index contributed by atoms with van der Waals surface area (Å²) in [4.78, 5) is 29.6. The van der Waals surface area contributed by atoms with Crippen molar-refractivity contribution in [3.63, 3.8) is 0 Å². The highest BCUT2D eigenvalue weighted by molar-refractivity contribution is 5.95. The molecule has 0 aliphatic carbocycles. The van der Waals surface area contributed by atoms with E-state index in [1.54, 1.807) is 31.4 Å². The Labute approximate surface area is 167 Å². The van der Waals surface area contributed by atoms with Gasteiger partial charge in [0.1, 0.15) is 12.3 Å². The molecule has 0 fully saturated rings. The molecule has 1 aromatic heterocycles. The Balaban J connectivity index is 1.70. The molecular formula is C23H19N3O3. The Morgan fingerprint density at radius 2 is 1.76 bits per heavy atom. The van der Waals surface area contributed by atoms with Gasteiger partial charge in [0.05, 0.1) is 18.3 Å². The van der Waals surface area contributed by atoms with E-state index in [1.165, 1.54) is 4.57 Å². The second kappa shape index (κ2) is 7.98. The molecule has 0 radical (unpaired) electrons. The van der Waals surface area contributed by atoms with E-state index in [2.05, 4.69) is 10.3 Å². The number of hydrogen-bond donors (Lipinski definition) is 1. The van der Waals surface area contributed by atoms with E-state index in [0.29, 0.717) is 22.6 Å². The van der Waals surface area contributed by atoms with Crippen molar-refractivity contribution < 1.29 is 9.53 Å². The van der Waals surface area contributed by atoms with Crippen molar-refractivity contribution in [2.24, 2.45) is 0 Å². The fourth-order valence-electron chi connectivity index (χ4n) is 3.24. The van der Waals surface area contributed by atoms with E-state index in [9.17, 15) is 9.59 Å². The van der Waals surface area contributed by atoms with Crippen LogP contribution in [0.3, 0.4) is 0 Å². The number of amides is 1. The first kappa shape index (κ1) is 18.4. The molecule has 29 heavy (non-hydrogen) atoms. The van der Waals surface area contributed by atoms with E-state index in [4.69, 9.17) is 4.74 Å². The van der Waals surface area contributed by atoms with Gasteiger partial charge in [-0.05, 0) is 18.2 Å². The van der Waals surface area contributed by atoms with Crippen molar-refractivity contribution in [3.05, 3.63) is 89.3 Å². The molecule has 4 aromatic rings. The van der Waals surface area contributed by atoms with Gasteiger partial charge >= 0.3 is 5.69 Å². The Hall–Kier alpha value is -3.93. The van der Waals surface area contributed by atoms with Gasteiger partial charge in [0.15, 0.2) is 0 Å². The van der Waals surface area contributed by atoms with Crippen LogP contribution in [0.25, 0.3) is 22.2 Å². The number of nitrogens with zero attached hydrogens (tertiary/aromatic N) is 2. The standard InChI is InChI=1S/C23H19N3O3/c1-29-18-11-7-10-17(14-18)24-21(27)15-26-20-13-6-5-12-19(20)22(25-23(26)28)16-8-3-2-4-9-16/h2-14H,15H2,1H3,(H,24,27). The molecule has 0 saturated carbocycles. The topological polar surface area (TPSA) is 73.2 Å². The second-order valence-corrected chi connectivity index (χ2v) is 6.49. The largest absolute Gasteiger partial charge is 0.497 e. The molecule has 0 saturated heterocycles. The second-order valence-electron chi connectivity index (χ2n) is 6.49. The summed E-state index contributed by atoms with van der Waals surface area (Å²) >= 11 is 0. The zero-order chi connectivity index (χ0) is 20.2. The third kappa shape index (κ3) is 3.87. The monoisotopic (exact) mass is 385 g/mol. The minimum Gasteiger partial charge on any atom is -0.497 e. The molecule has 6 heteroatoms. The summed E-state index contributed by atoms with van der Waals surface area (Å²) in [5.41, 5.74) is 2.25. The quantitative estimate of drug-likeness (QED) is 0.568. The van der Waals surface area contributed by atoms with Crippen LogP contribution in [0.5, 0.6) is 5.75 Å². The number of benzene rings is 3. The first-order chi connectivity index (χ1) is 14.2. The van der Waals surface area contributed by atoms with Crippen LogP contribution in [-0.4, -0.2) is 22.6 Å². The van der Waals surface area contributed by atoms with Gasteiger partial charge in [0.2, 0.25) is 5.91 Å². The zero-order valence-corrected chi connectivity index (χ0v) is 15.8. The molecule has 144 valence electrons. The summed E-state index contributed by atoms with van der Waals surface area (Å²) in [5, 5.41) is 3.61. The van der Waals surface area contributed by atoms with Gasteiger partial charge in [0.25, 0.3) is 0 Å². The first-order valence-electron chi connectivity index (χ1n) is 9.14. The van der Waals surface area contributed by atoms with Crippen LogP contribution in [0.15, 0.2) is 83.7 Å². The van der Waals surface area contributed by atoms with E-state index < -0.39 is 5.69 Å². The molecule has 6 nitrogen and oxygen atoms in total. The maximum Gasteiger partial charge on any atom is 0.349 e. The van der Waals surface area contributed by atoms with Crippen molar-refractivity contribution in [1.82, 2.24) is 9.55 Å². The summed E-state index contributed by atoms with van der Waals surface area (Å²) in [5.74, 6) is 0.319. The van der Waals surface area contributed by atoms with Crippen LogP contribution in [0.4, 0.5) is 5.69 Å². The van der Waals surface area contributed by atoms with Crippen LogP contribution in [-0.2, 0) is 11.3 Å². The van der Waals surface area contributed by atoms with Gasteiger partial charge in [0, 0.05) is 22.7 Å². The highest BCUT2D eigenvalue weighted by Gasteiger charge is 2.14. The Bertz CT molecular complexity index is 1230. The molecule has 0 unspecified atom stereocenters. The molecule has 4 rings (SSSR count). The maximum atomic E-state index is 12.8. The average Bonchev–Trinajstić information content (AvgIpc) is 2.76. The number of anilines is 1. The number of aromatic nitrogens is 2. The van der Waals surface area contributed by atoms with Crippen LogP contribution in [0, 0.1) is 0 Å². The molecule has 1 amide bonds. The molecule has 1 N–H and O–H groups in total. The average molecular weight is 385 g/mol. The summed E-state index contributed by atoms with van der Waals surface area (Å²) in [6.45, 7) is -0.140. The SMILES string of the molecule is COc1cccc(NC(=O)Cn2c(=O)nc(-c3ccccc3)c3ccccc32)c1. The smallest absolute Gasteiger partial charge is 0.349 e. The number of hydrogen-bond acceptors (Lipinski definition) is 4. The van der Waals surface area contributed by atoms with Crippen LogP contribution < -0.4 is 15.7 Å². The molecule has 3 aromatic carbocycles. The Morgan fingerprint density at radius 3 is 2.55 bits per heavy atom. The molecule has 0 aliphatic heterocycles. The number of rotatable bonds is 5. The van der Waals surface area contributed by atoms with Crippen molar-refractivity contribution in [1.29, 1.82) is 0 Å². The highest BCUT2D eigenvalue weighted by atomic mass is 16.5. The van der Waals surface area contributed by atoms with Gasteiger partial charge in [-0.25, -0.2) is 4.79 Å². The molecule has 0 bridgehead atoms. The zero-order valence-electron chi connectivity index (χ0n) is 15.8. The van der Waals surface area contributed by atoms with Crippen LogP contribution in [0.1, 0.15) is 0 Å². The van der Waals surface area contributed by atoms with Gasteiger partial charge in [-0.3, -0.25) is 9.36 Å². The van der Waals surface area contributed by atoms with Crippen molar-refractivity contribution in [2.75, 3.05) is 12.4 Å². The number of nitrogens with one attached hydrogen (secondary N) is 1. The molecule has 0 atom stereocenters. The van der Waals surface area contributed by atoms with E-state index in [-0.39, 0.29) is 12.5 Å². The van der Waals surface area contributed by atoms with Gasteiger partial charge in [-0.1, -0.05) is 54.6 Å². The number of carbonyl (C=O) groups excluding carboxylic acids is 1. The van der Waals surface area contributed by atoms with Crippen molar-refractivity contribution in [3.8, 4) is 17.0 Å². The predicted molar refractivity (Wildman–Crippen MR) is 113 cm³/mol. The van der Waals surface area contributed by atoms with E-state index in [0.717, 1.165) is 10.9 Å². The normalized spacial score (nSPS) is 10.7. The molecular weight excluding hydrogens is 366 g/mol.